The van der Waals surface area contributed by atoms with Crippen LogP contribution in [0.2, 0.25) is 0 Å². The van der Waals surface area contributed by atoms with Crippen molar-refractivity contribution in [3.05, 3.63) is 64.7 Å². The number of ether oxygens (including phenoxy) is 2. The molecule has 7 nitrogen and oxygen atoms in total. The van der Waals surface area contributed by atoms with Gasteiger partial charge in [-0.25, -0.2) is 0 Å². The van der Waals surface area contributed by atoms with Crippen molar-refractivity contribution in [1.82, 2.24) is 9.80 Å². The quantitative estimate of drug-likeness (QED) is 0.364. The van der Waals surface area contributed by atoms with Crippen LogP contribution in [0.3, 0.4) is 0 Å². The van der Waals surface area contributed by atoms with Crippen molar-refractivity contribution < 1.29 is 24.2 Å². The third kappa shape index (κ3) is 4.40. The van der Waals surface area contributed by atoms with Crippen LogP contribution in [0.25, 0.3) is 5.76 Å². The molecule has 0 bridgehead atoms. The highest BCUT2D eigenvalue weighted by Crippen LogP contribution is 2.41. The Morgan fingerprint density at radius 1 is 1.18 bits per heavy atom. The second-order valence-electron chi connectivity index (χ2n) is 8.75. The van der Waals surface area contributed by atoms with E-state index in [0.29, 0.717) is 24.4 Å². The second-order valence-corrected chi connectivity index (χ2v) is 8.75. The second kappa shape index (κ2) is 9.89. The fraction of sp³-hybridized carbons (Fsp3) is 0.407. The highest BCUT2D eigenvalue weighted by molar-refractivity contribution is 6.46. The lowest BCUT2D eigenvalue weighted by Gasteiger charge is -2.28. The molecular formula is C27H32N2O5. The van der Waals surface area contributed by atoms with Gasteiger partial charge in [-0.2, -0.15) is 0 Å². The molecule has 2 heterocycles. The van der Waals surface area contributed by atoms with Crippen LogP contribution in [-0.2, 0) is 16.0 Å². The molecule has 0 aromatic heterocycles. The number of ketones is 1. The number of aliphatic hydroxyl groups excluding tert-OH is 1. The molecule has 2 aliphatic heterocycles. The van der Waals surface area contributed by atoms with Crippen LogP contribution < -0.4 is 9.47 Å². The number of Topliss-reactive ketones (excluding diaryl/α,β-unsaturated/α-hetero) is 1. The zero-order valence-corrected chi connectivity index (χ0v) is 20.2. The van der Waals surface area contributed by atoms with Crippen LogP contribution in [0.5, 0.6) is 11.5 Å². The first-order valence-electron chi connectivity index (χ1n) is 11.8. The predicted molar refractivity (Wildman–Crippen MR) is 130 cm³/mol. The molecule has 2 aromatic rings. The molecule has 2 aliphatic rings. The van der Waals surface area contributed by atoms with Gasteiger partial charge in [0, 0.05) is 25.1 Å². The van der Waals surface area contributed by atoms with E-state index in [1.54, 1.807) is 18.1 Å². The van der Waals surface area contributed by atoms with Gasteiger partial charge < -0.3 is 24.4 Å². The number of benzene rings is 2. The number of hydrogen-bond acceptors (Lipinski definition) is 6. The minimum atomic E-state index is -0.700. The molecule has 0 saturated carbocycles. The Morgan fingerprint density at radius 2 is 1.94 bits per heavy atom. The summed E-state index contributed by atoms with van der Waals surface area (Å²) in [7, 11) is 1.57. The molecule has 34 heavy (non-hydrogen) atoms. The molecule has 1 amide bonds. The molecule has 2 unspecified atom stereocenters. The zero-order valence-electron chi connectivity index (χ0n) is 20.2. The maximum absolute atomic E-state index is 13.3. The maximum atomic E-state index is 13.3. The first-order valence-corrected chi connectivity index (χ1v) is 11.8. The van der Waals surface area contributed by atoms with Crippen molar-refractivity contribution >= 4 is 17.4 Å². The summed E-state index contributed by atoms with van der Waals surface area (Å²) in [5.41, 5.74) is 2.30. The Hall–Kier alpha value is -3.32. The van der Waals surface area contributed by atoms with E-state index in [4.69, 9.17) is 9.47 Å². The molecule has 0 aliphatic carbocycles. The van der Waals surface area contributed by atoms with E-state index < -0.39 is 17.7 Å². The van der Waals surface area contributed by atoms with Gasteiger partial charge in [0.15, 0.2) is 0 Å². The monoisotopic (exact) mass is 464 g/mol. The molecule has 7 heteroatoms. The van der Waals surface area contributed by atoms with Crippen LogP contribution in [-0.4, -0.2) is 66.0 Å². The SMILES string of the molecule is CCN(CC)CCN1C(=O)C(=O)/C(=C(/O)c2ccc3c(c2)CC(C)O3)C1c1cccc(OC)c1. The molecule has 0 spiro atoms. The van der Waals surface area contributed by atoms with Gasteiger partial charge in [0.25, 0.3) is 11.7 Å². The van der Waals surface area contributed by atoms with Crippen molar-refractivity contribution in [2.75, 3.05) is 33.3 Å². The van der Waals surface area contributed by atoms with Gasteiger partial charge in [-0.1, -0.05) is 26.0 Å². The smallest absolute Gasteiger partial charge is 0.295 e. The van der Waals surface area contributed by atoms with Gasteiger partial charge in [-0.15, -0.1) is 0 Å². The minimum Gasteiger partial charge on any atom is -0.507 e. The molecule has 2 aromatic carbocycles. The maximum Gasteiger partial charge on any atom is 0.295 e. The number of methoxy groups -OCH3 is 1. The number of aliphatic hydroxyl groups is 1. The molecule has 2 atom stereocenters. The number of likely N-dealkylation sites (tertiary alicyclic amines) is 1. The Morgan fingerprint density at radius 3 is 2.65 bits per heavy atom. The third-order valence-corrected chi connectivity index (χ3v) is 6.67. The van der Waals surface area contributed by atoms with E-state index in [2.05, 4.69) is 18.7 Å². The van der Waals surface area contributed by atoms with E-state index in [0.717, 1.165) is 36.4 Å². The van der Waals surface area contributed by atoms with Gasteiger partial charge in [0.2, 0.25) is 0 Å². The summed E-state index contributed by atoms with van der Waals surface area (Å²) < 4.78 is 11.2. The van der Waals surface area contributed by atoms with Gasteiger partial charge >= 0.3 is 0 Å². The molecule has 0 radical (unpaired) electrons. The summed E-state index contributed by atoms with van der Waals surface area (Å²) in [6, 6.07) is 12.0. The lowest BCUT2D eigenvalue weighted by molar-refractivity contribution is -0.140. The van der Waals surface area contributed by atoms with E-state index in [1.807, 2.05) is 43.3 Å². The zero-order chi connectivity index (χ0) is 24.4. The summed E-state index contributed by atoms with van der Waals surface area (Å²) in [5.74, 6) is -0.0305. The van der Waals surface area contributed by atoms with Gasteiger partial charge in [0.1, 0.15) is 23.4 Å². The summed E-state index contributed by atoms with van der Waals surface area (Å²) in [6.07, 6.45) is 0.795. The summed E-state index contributed by atoms with van der Waals surface area (Å²) in [5, 5.41) is 11.3. The van der Waals surface area contributed by atoms with E-state index in [1.165, 1.54) is 0 Å². The number of hydrogen-bond donors (Lipinski definition) is 1. The molecule has 1 N–H and O–H groups in total. The molecule has 1 saturated heterocycles. The van der Waals surface area contributed by atoms with Gasteiger partial charge in [0.05, 0.1) is 18.7 Å². The molecule has 180 valence electrons. The van der Waals surface area contributed by atoms with Crippen molar-refractivity contribution in [3.8, 4) is 11.5 Å². The van der Waals surface area contributed by atoms with Crippen LogP contribution in [0.1, 0.15) is 43.5 Å². The lowest BCUT2D eigenvalue weighted by Crippen LogP contribution is -2.38. The standard InChI is InChI=1S/C27H32N2O5/c1-5-28(6-2)12-13-29-24(18-8-7-9-21(16-18)33-4)23(26(31)27(29)32)25(30)19-10-11-22-20(15-19)14-17(3)34-22/h7-11,15-17,24,30H,5-6,12-14H2,1-4H3/b25-23+. The van der Waals surface area contributed by atoms with E-state index >= 15 is 0 Å². The lowest BCUT2D eigenvalue weighted by atomic mass is 9.94. The number of amides is 1. The van der Waals surface area contributed by atoms with Crippen LogP contribution >= 0.6 is 0 Å². The largest absolute Gasteiger partial charge is 0.507 e. The number of rotatable bonds is 8. The minimum absolute atomic E-state index is 0.0647. The van der Waals surface area contributed by atoms with Gasteiger partial charge in [-0.3, -0.25) is 9.59 Å². The summed E-state index contributed by atoms with van der Waals surface area (Å²) >= 11 is 0. The molecule has 4 rings (SSSR count). The number of nitrogens with zero attached hydrogens (tertiary/aromatic N) is 2. The van der Waals surface area contributed by atoms with Crippen molar-refractivity contribution in [2.45, 2.75) is 39.3 Å². The highest BCUT2D eigenvalue weighted by atomic mass is 16.5. The first kappa shape index (κ1) is 23.8. The molecular weight excluding hydrogens is 432 g/mol. The Kier molecular flexibility index (Phi) is 6.93. The van der Waals surface area contributed by atoms with Crippen molar-refractivity contribution in [2.24, 2.45) is 0 Å². The third-order valence-electron chi connectivity index (χ3n) is 6.67. The predicted octanol–water partition coefficient (Wildman–Crippen LogP) is 3.78. The Bertz CT molecular complexity index is 1120. The topological polar surface area (TPSA) is 79.3 Å². The summed E-state index contributed by atoms with van der Waals surface area (Å²) in [6.45, 7) is 8.82. The first-order chi connectivity index (χ1) is 16.4. The van der Waals surface area contributed by atoms with Crippen LogP contribution in [0.4, 0.5) is 0 Å². The van der Waals surface area contributed by atoms with E-state index in [9.17, 15) is 14.7 Å². The average molecular weight is 465 g/mol. The number of carbonyl (C=O) groups is 2. The van der Waals surface area contributed by atoms with E-state index in [-0.39, 0.29) is 17.4 Å². The fourth-order valence-electron chi connectivity index (χ4n) is 4.78. The van der Waals surface area contributed by atoms with Crippen LogP contribution in [0.15, 0.2) is 48.0 Å². The van der Waals surface area contributed by atoms with Crippen molar-refractivity contribution in [1.29, 1.82) is 0 Å². The number of likely N-dealkylation sites (N-methyl/N-ethyl adjacent to an activating group) is 1. The van der Waals surface area contributed by atoms with Crippen molar-refractivity contribution in [3.63, 3.8) is 0 Å². The van der Waals surface area contributed by atoms with Gasteiger partial charge in [-0.05, 0) is 61.5 Å². The fourth-order valence-corrected chi connectivity index (χ4v) is 4.78. The number of fused-ring (bicyclic) bond motifs is 1. The molecule has 1 fully saturated rings. The average Bonchev–Trinajstić information content (AvgIpc) is 3.35. The Labute approximate surface area is 200 Å². The number of carbonyl (C=O) groups excluding carboxylic acids is 2. The summed E-state index contributed by atoms with van der Waals surface area (Å²) in [4.78, 5) is 30.2. The Balaban J connectivity index is 1.79. The van der Waals surface area contributed by atoms with Crippen LogP contribution in [0, 0.1) is 0 Å². The normalized spacial score (nSPS) is 21.1. The highest BCUT2D eigenvalue weighted by Gasteiger charge is 2.46.